The van der Waals surface area contributed by atoms with Crippen molar-refractivity contribution < 1.29 is 22.7 Å². The average molecular weight is 420 g/mol. The second kappa shape index (κ2) is 9.06. The van der Waals surface area contributed by atoms with Gasteiger partial charge in [0.25, 0.3) is 0 Å². The lowest BCUT2D eigenvalue weighted by Gasteiger charge is -2.28. The smallest absolute Gasteiger partial charge is 0.339 e. The first-order chi connectivity index (χ1) is 13.6. The van der Waals surface area contributed by atoms with Crippen molar-refractivity contribution in [3.8, 4) is 0 Å². The predicted octanol–water partition coefficient (Wildman–Crippen LogP) is 2.34. The Labute approximate surface area is 171 Å². The van der Waals surface area contributed by atoms with Crippen LogP contribution in [0.1, 0.15) is 21.5 Å². The van der Waals surface area contributed by atoms with E-state index in [1.807, 2.05) is 13.0 Å². The van der Waals surface area contributed by atoms with Crippen LogP contribution in [0.5, 0.6) is 0 Å². The highest BCUT2D eigenvalue weighted by molar-refractivity contribution is 7.90. The summed E-state index contributed by atoms with van der Waals surface area (Å²) in [5.74, 6) is -1.19. The molecule has 0 spiro atoms. The summed E-state index contributed by atoms with van der Waals surface area (Å²) in [6, 6.07) is 11.7. The first-order valence-corrected chi connectivity index (χ1v) is 10.2. The van der Waals surface area contributed by atoms with Crippen LogP contribution in [0.2, 0.25) is 0 Å². The van der Waals surface area contributed by atoms with Gasteiger partial charge in [-0.15, -0.1) is 0 Å². The van der Waals surface area contributed by atoms with Crippen molar-refractivity contribution in [2.45, 2.75) is 13.8 Å². The molecular formula is C20H25N3O5S. The first-order valence-electron chi connectivity index (χ1n) is 8.82. The van der Waals surface area contributed by atoms with E-state index in [1.165, 1.54) is 27.3 Å². The maximum atomic E-state index is 12.9. The fourth-order valence-electron chi connectivity index (χ4n) is 2.68. The number of ether oxygens (including phenoxy) is 1. The molecule has 0 fully saturated rings. The molecule has 2 aromatic carbocycles. The quantitative estimate of drug-likeness (QED) is 0.695. The monoisotopic (exact) mass is 419 g/mol. The Bertz CT molecular complexity index is 1020. The topological polar surface area (TPSA) is 96.0 Å². The third-order valence-electron chi connectivity index (χ3n) is 4.27. The fourth-order valence-corrected chi connectivity index (χ4v) is 3.80. The number of methoxy groups -OCH3 is 1. The second-order valence-electron chi connectivity index (χ2n) is 6.67. The number of carbonyl (C=O) groups is 2. The molecule has 0 saturated carbocycles. The number of hydrogen-bond donors (Lipinski definition) is 1. The summed E-state index contributed by atoms with van der Waals surface area (Å²) < 4.78 is 32.6. The zero-order valence-corrected chi connectivity index (χ0v) is 17.9. The van der Waals surface area contributed by atoms with Crippen molar-refractivity contribution in [3.63, 3.8) is 0 Å². The Morgan fingerprint density at radius 1 is 1.07 bits per heavy atom. The largest absolute Gasteiger partial charge is 0.465 e. The van der Waals surface area contributed by atoms with Crippen LogP contribution >= 0.6 is 0 Å². The SMILES string of the molecule is COC(=O)c1ccccc1NC(=O)CN(c1cc(C)ccc1C)S(=O)(=O)N(C)C. The van der Waals surface area contributed by atoms with Gasteiger partial charge >= 0.3 is 16.2 Å². The van der Waals surface area contributed by atoms with Crippen molar-refractivity contribution in [3.05, 3.63) is 59.2 Å². The van der Waals surface area contributed by atoms with E-state index in [0.29, 0.717) is 11.3 Å². The highest BCUT2D eigenvalue weighted by atomic mass is 32.2. The van der Waals surface area contributed by atoms with E-state index in [4.69, 9.17) is 4.74 Å². The number of para-hydroxylation sites is 1. The van der Waals surface area contributed by atoms with E-state index >= 15 is 0 Å². The minimum Gasteiger partial charge on any atom is -0.465 e. The highest BCUT2D eigenvalue weighted by Crippen LogP contribution is 2.25. The van der Waals surface area contributed by atoms with Crippen molar-refractivity contribution in [2.24, 2.45) is 0 Å². The van der Waals surface area contributed by atoms with Crippen LogP contribution in [0, 0.1) is 13.8 Å². The molecule has 0 aliphatic carbocycles. The number of carbonyl (C=O) groups excluding carboxylic acids is 2. The molecule has 156 valence electrons. The normalized spacial score (nSPS) is 11.2. The number of esters is 1. The molecule has 1 amide bonds. The number of hydrogen-bond acceptors (Lipinski definition) is 5. The van der Waals surface area contributed by atoms with Crippen LogP contribution < -0.4 is 9.62 Å². The van der Waals surface area contributed by atoms with Gasteiger partial charge in [0, 0.05) is 14.1 Å². The standard InChI is InChI=1S/C20H25N3O5S/c1-14-10-11-15(2)18(12-14)23(29(26,27)22(3)4)13-19(24)21-17-9-7-6-8-16(17)20(25)28-5/h6-12H,13H2,1-5H3,(H,21,24). The highest BCUT2D eigenvalue weighted by Gasteiger charge is 2.29. The summed E-state index contributed by atoms with van der Waals surface area (Å²) in [4.78, 5) is 24.6. The zero-order valence-electron chi connectivity index (χ0n) is 17.1. The lowest BCUT2D eigenvalue weighted by atomic mass is 10.1. The zero-order chi connectivity index (χ0) is 21.8. The summed E-state index contributed by atoms with van der Waals surface area (Å²) in [5.41, 5.74) is 2.41. The molecule has 8 nitrogen and oxygen atoms in total. The van der Waals surface area contributed by atoms with Gasteiger partial charge in [0.2, 0.25) is 5.91 Å². The second-order valence-corrected chi connectivity index (χ2v) is 8.74. The van der Waals surface area contributed by atoms with Crippen molar-refractivity contribution in [1.82, 2.24) is 4.31 Å². The average Bonchev–Trinajstić information content (AvgIpc) is 2.67. The van der Waals surface area contributed by atoms with Gasteiger partial charge in [0.05, 0.1) is 24.0 Å². The molecule has 0 aliphatic rings. The maximum absolute atomic E-state index is 12.9. The number of benzene rings is 2. The van der Waals surface area contributed by atoms with Gasteiger partial charge in [0.15, 0.2) is 0 Å². The number of nitrogens with one attached hydrogen (secondary N) is 1. The minimum absolute atomic E-state index is 0.178. The van der Waals surface area contributed by atoms with Crippen LogP contribution in [-0.4, -0.2) is 52.3 Å². The first kappa shape index (κ1) is 22.4. The van der Waals surface area contributed by atoms with Crippen LogP contribution in [0.4, 0.5) is 11.4 Å². The van der Waals surface area contributed by atoms with E-state index in [2.05, 4.69) is 5.32 Å². The summed E-state index contributed by atoms with van der Waals surface area (Å²) in [6.45, 7) is 3.16. The van der Waals surface area contributed by atoms with Crippen molar-refractivity contribution >= 4 is 33.5 Å². The minimum atomic E-state index is -3.94. The maximum Gasteiger partial charge on any atom is 0.339 e. The van der Waals surface area contributed by atoms with Crippen LogP contribution in [-0.2, 0) is 19.7 Å². The lowest BCUT2D eigenvalue weighted by Crippen LogP contribution is -2.44. The van der Waals surface area contributed by atoms with E-state index in [0.717, 1.165) is 14.2 Å². The molecule has 0 atom stereocenters. The molecule has 0 bridgehead atoms. The Kier molecular flexibility index (Phi) is 6.99. The van der Waals surface area contributed by atoms with Gasteiger partial charge < -0.3 is 10.1 Å². The molecule has 2 rings (SSSR count). The van der Waals surface area contributed by atoms with Crippen LogP contribution in [0.3, 0.4) is 0 Å². The Morgan fingerprint density at radius 2 is 1.72 bits per heavy atom. The van der Waals surface area contributed by atoms with Gasteiger partial charge in [0.1, 0.15) is 6.54 Å². The van der Waals surface area contributed by atoms with E-state index in [-0.39, 0.29) is 11.3 Å². The van der Waals surface area contributed by atoms with E-state index in [9.17, 15) is 18.0 Å². The molecule has 0 unspecified atom stereocenters. The van der Waals surface area contributed by atoms with Gasteiger partial charge in [-0.1, -0.05) is 24.3 Å². The number of rotatable bonds is 7. The summed E-state index contributed by atoms with van der Waals surface area (Å²) in [7, 11) is 0.109. The number of nitrogens with zero attached hydrogens (tertiary/aromatic N) is 2. The summed E-state index contributed by atoms with van der Waals surface area (Å²) in [5, 5.41) is 2.61. The molecule has 0 heterocycles. The number of anilines is 2. The van der Waals surface area contributed by atoms with Crippen molar-refractivity contribution in [1.29, 1.82) is 0 Å². The molecule has 0 saturated heterocycles. The molecule has 29 heavy (non-hydrogen) atoms. The molecule has 0 aliphatic heterocycles. The molecule has 2 aromatic rings. The lowest BCUT2D eigenvalue weighted by molar-refractivity contribution is -0.114. The molecule has 0 aromatic heterocycles. The number of aryl methyl sites for hydroxylation is 2. The fraction of sp³-hybridized carbons (Fsp3) is 0.300. The summed E-state index contributed by atoms with van der Waals surface area (Å²) in [6.07, 6.45) is 0. The molecule has 9 heteroatoms. The van der Waals surface area contributed by atoms with E-state index < -0.39 is 28.6 Å². The van der Waals surface area contributed by atoms with Crippen molar-refractivity contribution in [2.75, 3.05) is 37.4 Å². The van der Waals surface area contributed by atoms with E-state index in [1.54, 1.807) is 37.3 Å². The predicted molar refractivity (Wildman–Crippen MR) is 112 cm³/mol. The van der Waals surface area contributed by atoms with Gasteiger partial charge in [-0.3, -0.25) is 4.79 Å². The van der Waals surface area contributed by atoms with Gasteiger partial charge in [-0.05, 0) is 43.2 Å². The van der Waals surface area contributed by atoms with Crippen LogP contribution in [0.15, 0.2) is 42.5 Å². The van der Waals surface area contributed by atoms with Gasteiger partial charge in [-0.2, -0.15) is 12.7 Å². The van der Waals surface area contributed by atoms with Gasteiger partial charge in [-0.25, -0.2) is 9.10 Å². The Balaban J connectivity index is 2.39. The molecular weight excluding hydrogens is 394 g/mol. The summed E-state index contributed by atoms with van der Waals surface area (Å²) >= 11 is 0. The Hall–Kier alpha value is -2.91. The number of amides is 1. The third-order valence-corrected chi connectivity index (χ3v) is 6.07. The molecule has 1 N–H and O–H groups in total. The van der Waals surface area contributed by atoms with Crippen LogP contribution in [0.25, 0.3) is 0 Å². The third kappa shape index (κ3) is 5.12. The molecule has 0 radical (unpaired) electrons. The Morgan fingerprint density at radius 3 is 2.34 bits per heavy atom.